The van der Waals surface area contributed by atoms with Crippen LogP contribution in [0.4, 0.5) is 0 Å². The molecule has 1 unspecified atom stereocenters. The molecular formula is C16H23NOS. The minimum atomic E-state index is -0.318. The van der Waals surface area contributed by atoms with E-state index in [1.54, 1.807) is 6.08 Å². The lowest BCUT2D eigenvalue weighted by molar-refractivity contribution is -0.134. The Bertz CT molecular complexity index is 422. The average Bonchev–Trinajstić information content (AvgIpc) is 2.35. The lowest BCUT2D eigenvalue weighted by Gasteiger charge is -2.36. The Kier molecular flexibility index (Phi) is 5.67. The molecule has 0 aliphatic rings. The molecule has 0 bridgehead atoms. The van der Waals surface area contributed by atoms with Gasteiger partial charge in [0.25, 0.3) is 0 Å². The maximum atomic E-state index is 12.5. The predicted octanol–water partition coefficient (Wildman–Crippen LogP) is 3.34. The number of thiol groups is 1. The van der Waals surface area contributed by atoms with Gasteiger partial charge in [0.2, 0.25) is 5.91 Å². The Morgan fingerprint density at radius 2 is 1.95 bits per heavy atom. The first-order chi connectivity index (χ1) is 8.86. The van der Waals surface area contributed by atoms with E-state index in [-0.39, 0.29) is 16.7 Å². The van der Waals surface area contributed by atoms with Gasteiger partial charge in [0.05, 0.1) is 5.25 Å². The number of nitrogens with zero attached hydrogens (tertiary/aromatic N) is 1. The van der Waals surface area contributed by atoms with Crippen LogP contribution >= 0.6 is 12.6 Å². The van der Waals surface area contributed by atoms with Crippen molar-refractivity contribution in [2.45, 2.75) is 38.0 Å². The first-order valence-electron chi connectivity index (χ1n) is 6.50. The average molecular weight is 277 g/mol. The van der Waals surface area contributed by atoms with Crippen LogP contribution in [0.3, 0.4) is 0 Å². The van der Waals surface area contributed by atoms with Gasteiger partial charge in [-0.2, -0.15) is 12.6 Å². The first-order valence-corrected chi connectivity index (χ1v) is 7.02. The summed E-state index contributed by atoms with van der Waals surface area (Å²) in [5.74, 6) is 0.0552. The van der Waals surface area contributed by atoms with E-state index in [0.717, 1.165) is 5.56 Å². The summed E-state index contributed by atoms with van der Waals surface area (Å²) >= 11 is 4.47. The second-order valence-corrected chi connectivity index (χ2v) is 6.24. The SMILES string of the molecule is C=CCN(C(=O)C(S)Cc1ccccc1)C(C)(C)C. The number of rotatable bonds is 5. The van der Waals surface area contributed by atoms with Gasteiger partial charge in [-0.25, -0.2) is 0 Å². The summed E-state index contributed by atoms with van der Waals surface area (Å²) in [5.41, 5.74) is 0.909. The van der Waals surface area contributed by atoms with Crippen LogP contribution < -0.4 is 0 Å². The monoisotopic (exact) mass is 277 g/mol. The molecule has 0 N–H and O–H groups in total. The summed E-state index contributed by atoms with van der Waals surface area (Å²) in [6.07, 6.45) is 2.40. The maximum absolute atomic E-state index is 12.5. The third-order valence-corrected chi connectivity index (χ3v) is 3.35. The summed E-state index contributed by atoms with van der Waals surface area (Å²) in [4.78, 5) is 14.3. The fourth-order valence-electron chi connectivity index (χ4n) is 1.93. The molecule has 1 atom stereocenters. The van der Waals surface area contributed by atoms with Crippen molar-refractivity contribution in [2.75, 3.05) is 6.54 Å². The van der Waals surface area contributed by atoms with E-state index >= 15 is 0 Å². The Balaban J connectivity index is 2.77. The van der Waals surface area contributed by atoms with Gasteiger partial charge in [-0.05, 0) is 32.8 Å². The van der Waals surface area contributed by atoms with Crippen LogP contribution in [0.25, 0.3) is 0 Å². The highest BCUT2D eigenvalue weighted by Gasteiger charge is 2.29. The molecule has 0 aromatic heterocycles. The molecule has 0 aliphatic heterocycles. The van der Waals surface area contributed by atoms with E-state index in [4.69, 9.17) is 0 Å². The van der Waals surface area contributed by atoms with Gasteiger partial charge in [-0.3, -0.25) is 4.79 Å². The number of benzene rings is 1. The summed E-state index contributed by atoms with van der Waals surface area (Å²) in [5, 5.41) is -0.318. The zero-order valence-corrected chi connectivity index (χ0v) is 12.9. The summed E-state index contributed by atoms with van der Waals surface area (Å²) in [7, 11) is 0. The molecule has 2 nitrogen and oxygen atoms in total. The molecule has 0 saturated carbocycles. The highest BCUT2D eigenvalue weighted by atomic mass is 32.1. The van der Waals surface area contributed by atoms with Crippen molar-refractivity contribution in [3.63, 3.8) is 0 Å². The van der Waals surface area contributed by atoms with Crippen LogP contribution in [0.1, 0.15) is 26.3 Å². The normalized spacial score (nSPS) is 12.8. The van der Waals surface area contributed by atoms with Crippen molar-refractivity contribution in [2.24, 2.45) is 0 Å². The molecule has 0 fully saturated rings. The van der Waals surface area contributed by atoms with Gasteiger partial charge >= 0.3 is 0 Å². The zero-order chi connectivity index (χ0) is 14.5. The third kappa shape index (κ3) is 4.75. The Morgan fingerprint density at radius 1 is 1.37 bits per heavy atom. The van der Waals surface area contributed by atoms with Crippen LogP contribution in [0, 0.1) is 0 Å². The van der Waals surface area contributed by atoms with Crippen LogP contribution in [0.5, 0.6) is 0 Å². The van der Waals surface area contributed by atoms with E-state index in [1.165, 1.54) is 0 Å². The van der Waals surface area contributed by atoms with Gasteiger partial charge in [0, 0.05) is 12.1 Å². The molecule has 3 heteroatoms. The number of amides is 1. The molecule has 0 heterocycles. The minimum absolute atomic E-state index is 0.0552. The molecule has 1 aromatic carbocycles. The summed E-state index contributed by atoms with van der Waals surface area (Å²) < 4.78 is 0. The Hall–Kier alpha value is -1.22. The van der Waals surface area contributed by atoms with Crippen molar-refractivity contribution >= 4 is 18.5 Å². The molecule has 19 heavy (non-hydrogen) atoms. The van der Waals surface area contributed by atoms with Crippen LogP contribution in [0.2, 0.25) is 0 Å². The molecule has 1 rings (SSSR count). The van der Waals surface area contributed by atoms with Gasteiger partial charge < -0.3 is 4.90 Å². The number of carbonyl (C=O) groups excluding carboxylic acids is 1. The number of carbonyl (C=O) groups is 1. The van der Waals surface area contributed by atoms with Gasteiger partial charge in [0.1, 0.15) is 0 Å². The predicted molar refractivity (Wildman–Crippen MR) is 84.6 cm³/mol. The molecule has 104 valence electrons. The van der Waals surface area contributed by atoms with Crippen molar-refractivity contribution in [1.82, 2.24) is 4.90 Å². The highest BCUT2D eigenvalue weighted by Crippen LogP contribution is 2.18. The maximum Gasteiger partial charge on any atom is 0.236 e. The topological polar surface area (TPSA) is 20.3 Å². The molecule has 0 radical (unpaired) electrons. The fourth-order valence-corrected chi connectivity index (χ4v) is 2.28. The van der Waals surface area contributed by atoms with Crippen LogP contribution in [0.15, 0.2) is 43.0 Å². The zero-order valence-electron chi connectivity index (χ0n) is 12.0. The van der Waals surface area contributed by atoms with E-state index in [2.05, 4.69) is 19.2 Å². The number of hydrogen-bond acceptors (Lipinski definition) is 2. The van der Waals surface area contributed by atoms with Crippen LogP contribution in [-0.4, -0.2) is 28.1 Å². The van der Waals surface area contributed by atoms with Gasteiger partial charge in [-0.1, -0.05) is 36.4 Å². The summed E-state index contributed by atoms with van der Waals surface area (Å²) in [6, 6.07) is 9.96. The summed E-state index contributed by atoms with van der Waals surface area (Å²) in [6.45, 7) is 10.3. The second-order valence-electron chi connectivity index (χ2n) is 5.61. The standard InChI is InChI=1S/C16H23NOS/c1-5-11-17(16(2,3)4)15(18)14(19)12-13-9-7-6-8-10-13/h5-10,14,19H,1,11-12H2,2-4H3. The lowest BCUT2D eigenvalue weighted by Crippen LogP contribution is -2.49. The molecule has 0 aliphatic carbocycles. The fraction of sp³-hybridized carbons (Fsp3) is 0.438. The molecular weight excluding hydrogens is 254 g/mol. The van der Waals surface area contributed by atoms with Crippen molar-refractivity contribution in [1.29, 1.82) is 0 Å². The molecule has 0 spiro atoms. The van der Waals surface area contributed by atoms with E-state index in [0.29, 0.717) is 13.0 Å². The van der Waals surface area contributed by atoms with Crippen molar-refractivity contribution in [3.05, 3.63) is 48.6 Å². The van der Waals surface area contributed by atoms with E-state index < -0.39 is 0 Å². The minimum Gasteiger partial charge on any atom is -0.333 e. The third-order valence-electron chi connectivity index (χ3n) is 2.94. The van der Waals surface area contributed by atoms with Crippen molar-refractivity contribution in [3.8, 4) is 0 Å². The smallest absolute Gasteiger partial charge is 0.236 e. The largest absolute Gasteiger partial charge is 0.333 e. The van der Waals surface area contributed by atoms with E-state index in [1.807, 2.05) is 56.0 Å². The van der Waals surface area contributed by atoms with Gasteiger partial charge in [-0.15, -0.1) is 6.58 Å². The molecule has 1 amide bonds. The Labute approximate surface area is 121 Å². The van der Waals surface area contributed by atoms with Gasteiger partial charge in [0.15, 0.2) is 0 Å². The number of hydrogen-bond donors (Lipinski definition) is 1. The van der Waals surface area contributed by atoms with E-state index in [9.17, 15) is 4.79 Å². The lowest BCUT2D eigenvalue weighted by atomic mass is 10.0. The van der Waals surface area contributed by atoms with Crippen molar-refractivity contribution < 1.29 is 4.79 Å². The quantitative estimate of drug-likeness (QED) is 0.646. The highest BCUT2D eigenvalue weighted by molar-refractivity contribution is 7.81. The second kappa shape index (κ2) is 6.80. The van der Waals surface area contributed by atoms with Crippen LogP contribution in [-0.2, 0) is 11.2 Å². The molecule has 0 saturated heterocycles. The molecule has 1 aromatic rings. The first kappa shape index (κ1) is 15.8. The Morgan fingerprint density at radius 3 is 2.42 bits per heavy atom.